The lowest BCUT2D eigenvalue weighted by molar-refractivity contribution is -0.115. The predicted molar refractivity (Wildman–Crippen MR) is 101 cm³/mol. The number of hydrogen-bond acceptors (Lipinski definition) is 3. The molecule has 0 unspecified atom stereocenters. The van der Waals surface area contributed by atoms with Crippen LogP contribution in [-0.2, 0) is 4.79 Å². The second-order valence-corrected chi connectivity index (χ2v) is 6.90. The molecule has 0 saturated carbocycles. The van der Waals surface area contributed by atoms with Crippen molar-refractivity contribution in [2.45, 2.75) is 0 Å². The molecular formula is C16H9Cl2IN2O3. The number of anilines is 1. The number of ether oxygens (including phenoxy) is 1. The van der Waals surface area contributed by atoms with Gasteiger partial charge in [-0.25, -0.2) is 4.79 Å². The van der Waals surface area contributed by atoms with Crippen LogP contribution in [0, 0.1) is 3.57 Å². The van der Waals surface area contributed by atoms with E-state index in [2.05, 4.69) is 34.5 Å². The minimum absolute atomic E-state index is 0.00145. The van der Waals surface area contributed by atoms with Crippen LogP contribution < -0.4 is 15.0 Å². The average molecular weight is 475 g/mol. The maximum absolute atomic E-state index is 11.8. The van der Waals surface area contributed by atoms with Gasteiger partial charge in [0.1, 0.15) is 11.4 Å². The van der Waals surface area contributed by atoms with Gasteiger partial charge in [0.2, 0.25) is 0 Å². The summed E-state index contributed by atoms with van der Waals surface area (Å²) in [6.45, 7) is 3.58. The summed E-state index contributed by atoms with van der Waals surface area (Å²) in [4.78, 5) is 24.5. The topological polar surface area (TPSA) is 58.6 Å². The molecule has 1 aliphatic rings. The first-order valence-electron chi connectivity index (χ1n) is 6.63. The third-order valence-corrected chi connectivity index (χ3v) is 4.51. The van der Waals surface area contributed by atoms with Crippen molar-refractivity contribution < 1.29 is 14.3 Å². The molecule has 3 amide bonds. The van der Waals surface area contributed by atoms with E-state index < -0.39 is 11.9 Å². The summed E-state index contributed by atoms with van der Waals surface area (Å²) in [5, 5.41) is 2.55. The van der Waals surface area contributed by atoms with E-state index in [0.29, 0.717) is 11.4 Å². The van der Waals surface area contributed by atoms with Crippen LogP contribution in [0.1, 0.15) is 0 Å². The first-order chi connectivity index (χ1) is 11.4. The molecule has 8 heteroatoms. The number of halogens is 3. The quantitative estimate of drug-likeness (QED) is 0.388. The maximum Gasteiger partial charge on any atom is 0.333 e. The Morgan fingerprint density at radius 1 is 1.08 bits per heavy atom. The Balaban J connectivity index is 1.94. The molecule has 0 aliphatic carbocycles. The van der Waals surface area contributed by atoms with Crippen LogP contribution in [-0.4, -0.2) is 11.9 Å². The Morgan fingerprint density at radius 2 is 1.67 bits per heavy atom. The van der Waals surface area contributed by atoms with Gasteiger partial charge < -0.3 is 4.74 Å². The summed E-state index contributed by atoms with van der Waals surface area (Å²) in [5.74, 6) is 0.275. The fraction of sp³-hybridized carbons (Fsp3) is 0. The van der Waals surface area contributed by atoms with Gasteiger partial charge in [0, 0.05) is 3.57 Å². The highest BCUT2D eigenvalue weighted by atomic mass is 127. The van der Waals surface area contributed by atoms with Gasteiger partial charge in [0.25, 0.3) is 5.91 Å². The van der Waals surface area contributed by atoms with E-state index in [0.717, 1.165) is 8.47 Å². The molecule has 5 nitrogen and oxygen atoms in total. The van der Waals surface area contributed by atoms with Gasteiger partial charge in [0.05, 0.1) is 15.7 Å². The van der Waals surface area contributed by atoms with Crippen molar-refractivity contribution in [1.82, 2.24) is 5.32 Å². The molecule has 24 heavy (non-hydrogen) atoms. The molecule has 1 fully saturated rings. The van der Waals surface area contributed by atoms with Crippen molar-refractivity contribution in [2.75, 3.05) is 4.90 Å². The number of imide groups is 1. The fourth-order valence-electron chi connectivity index (χ4n) is 2.12. The summed E-state index contributed by atoms with van der Waals surface area (Å²) in [7, 11) is 0. The Bertz CT molecular complexity index is 845. The normalized spacial score (nSPS) is 14.1. The largest absolute Gasteiger partial charge is 0.454 e. The van der Waals surface area contributed by atoms with Gasteiger partial charge >= 0.3 is 6.03 Å². The maximum atomic E-state index is 11.8. The number of rotatable bonds is 3. The molecule has 1 aliphatic heterocycles. The number of nitrogens with zero attached hydrogens (tertiary/aromatic N) is 1. The van der Waals surface area contributed by atoms with Crippen LogP contribution in [0.3, 0.4) is 0 Å². The van der Waals surface area contributed by atoms with Crippen molar-refractivity contribution in [2.24, 2.45) is 0 Å². The first kappa shape index (κ1) is 17.1. The lowest BCUT2D eigenvalue weighted by Gasteiger charge is -2.17. The first-order valence-corrected chi connectivity index (χ1v) is 8.47. The summed E-state index contributed by atoms with van der Waals surface area (Å²) in [6, 6.07) is 9.71. The second-order valence-electron chi connectivity index (χ2n) is 4.84. The molecule has 0 spiro atoms. The summed E-state index contributed by atoms with van der Waals surface area (Å²) in [6.07, 6.45) is 0. The van der Waals surface area contributed by atoms with E-state index in [1.807, 2.05) is 12.1 Å². The van der Waals surface area contributed by atoms with E-state index >= 15 is 0 Å². The zero-order valence-corrected chi connectivity index (χ0v) is 15.6. The molecule has 0 aromatic heterocycles. The third-order valence-electron chi connectivity index (χ3n) is 3.23. The Morgan fingerprint density at radius 3 is 2.17 bits per heavy atom. The van der Waals surface area contributed by atoms with Gasteiger partial charge in [-0.2, -0.15) is 0 Å². The van der Waals surface area contributed by atoms with E-state index in [9.17, 15) is 9.59 Å². The van der Waals surface area contributed by atoms with Crippen LogP contribution in [0.4, 0.5) is 10.5 Å². The van der Waals surface area contributed by atoms with Crippen molar-refractivity contribution in [3.8, 4) is 11.5 Å². The average Bonchev–Trinajstić information content (AvgIpc) is 2.77. The van der Waals surface area contributed by atoms with Crippen molar-refractivity contribution in [3.05, 3.63) is 62.3 Å². The van der Waals surface area contributed by atoms with Crippen LogP contribution in [0.25, 0.3) is 0 Å². The Kier molecular flexibility index (Phi) is 4.71. The summed E-state index contributed by atoms with van der Waals surface area (Å²) in [5.41, 5.74) is 0.326. The molecule has 3 rings (SSSR count). The predicted octanol–water partition coefficient (Wildman–Crippen LogP) is 4.96. The summed E-state index contributed by atoms with van der Waals surface area (Å²) >= 11 is 14.7. The number of benzene rings is 2. The van der Waals surface area contributed by atoms with Gasteiger partial charge in [-0.05, 0) is 59.0 Å². The van der Waals surface area contributed by atoms with Crippen LogP contribution in [0.15, 0.2) is 48.7 Å². The van der Waals surface area contributed by atoms with Gasteiger partial charge in [-0.15, -0.1) is 0 Å². The minimum Gasteiger partial charge on any atom is -0.454 e. The molecule has 0 atom stereocenters. The lowest BCUT2D eigenvalue weighted by Crippen LogP contribution is -2.27. The third kappa shape index (κ3) is 3.22. The zero-order valence-electron chi connectivity index (χ0n) is 12.0. The smallest absolute Gasteiger partial charge is 0.333 e. The molecular weight excluding hydrogens is 466 g/mol. The van der Waals surface area contributed by atoms with Crippen molar-refractivity contribution >= 4 is 63.4 Å². The standard InChI is InChI=1S/C16H9Cl2IN2O3/c1-8-15(22)20-16(23)21(8)10-6-12(17)14(13(18)7-10)24-11-4-2-9(19)3-5-11/h2-7H,1H2,(H,20,22,23). The Hall–Kier alpha value is -1.77. The van der Waals surface area contributed by atoms with E-state index in [1.54, 1.807) is 12.1 Å². The van der Waals surface area contributed by atoms with Crippen molar-refractivity contribution in [1.29, 1.82) is 0 Å². The molecule has 2 aromatic carbocycles. The lowest BCUT2D eigenvalue weighted by atomic mass is 10.2. The molecule has 2 aromatic rings. The molecule has 1 heterocycles. The number of hydrogen-bond donors (Lipinski definition) is 1. The van der Waals surface area contributed by atoms with E-state index in [-0.39, 0.29) is 21.5 Å². The van der Waals surface area contributed by atoms with Gasteiger partial charge in [-0.1, -0.05) is 29.8 Å². The molecule has 1 N–H and O–H groups in total. The highest BCUT2D eigenvalue weighted by Gasteiger charge is 2.33. The van der Waals surface area contributed by atoms with E-state index in [4.69, 9.17) is 27.9 Å². The molecule has 0 bridgehead atoms. The van der Waals surface area contributed by atoms with Crippen molar-refractivity contribution in [3.63, 3.8) is 0 Å². The highest BCUT2D eigenvalue weighted by Crippen LogP contribution is 2.40. The monoisotopic (exact) mass is 474 g/mol. The SMILES string of the molecule is C=C1C(=O)NC(=O)N1c1cc(Cl)c(Oc2ccc(I)cc2)c(Cl)c1. The molecule has 0 radical (unpaired) electrons. The number of urea groups is 1. The van der Waals surface area contributed by atoms with Gasteiger partial charge in [0.15, 0.2) is 5.75 Å². The van der Waals surface area contributed by atoms with Crippen LogP contribution >= 0.6 is 45.8 Å². The number of carbonyl (C=O) groups excluding carboxylic acids is 2. The Labute approximate surface area is 161 Å². The van der Waals surface area contributed by atoms with Gasteiger partial charge in [-0.3, -0.25) is 15.0 Å². The second kappa shape index (κ2) is 6.62. The van der Waals surface area contributed by atoms with Crippen LogP contribution in [0.2, 0.25) is 10.0 Å². The minimum atomic E-state index is -0.608. The number of nitrogens with one attached hydrogen (secondary N) is 1. The molecule has 122 valence electrons. The number of amides is 3. The van der Waals surface area contributed by atoms with Crippen LogP contribution in [0.5, 0.6) is 11.5 Å². The number of carbonyl (C=O) groups is 2. The fourth-order valence-corrected chi connectivity index (χ4v) is 3.03. The zero-order chi connectivity index (χ0) is 17.4. The highest BCUT2D eigenvalue weighted by molar-refractivity contribution is 14.1. The summed E-state index contributed by atoms with van der Waals surface area (Å²) < 4.78 is 6.78. The van der Waals surface area contributed by atoms with E-state index in [1.165, 1.54) is 12.1 Å². The molecule has 1 saturated heterocycles.